The maximum absolute atomic E-state index is 14.1. The normalized spacial score (nSPS) is 27.4. The first-order valence-corrected chi connectivity index (χ1v) is 6.42. The summed E-state index contributed by atoms with van der Waals surface area (Å²) < 4.78 is 14.1. The molecule has 104 valence electrons. The number of hydrogen-bond donors (Lipinski definition) is 2. The van der Waals surface area contributed by atoms with Crippen molar-refractivity contribution in [2.75, 3.05) is 13.2 Å². The number of hydrogen-bond acceptors (Lipinski definition) is 3. The lowest BCUT2D eigenvalue weighted by Crippen LogP contribution is -2.42. The Kier molecular flexibility index (Phi) is 4.50. The average Bonchev–Trinajstić information content (AvgIpc) is 2.66. The van der Waals surface area contributed by atoms with Crippen LogP contribution in [0.4, 0.5) is 4.39 Å². The number of nitrogens with zero attached hydrogens (tertiary/aromatic N) is 1. The van der Waals surface area contributed by atoms with Gasteiger partial charge in [0.05, 0.1) is 18.7 Å². The lowest BCUT2D eigenvalue weighted by atomic mass is 10.1. The van der Waals surface area contributed by atoms with E-state index in [9.17, 15) is 14.3 Å². The molecule has 1 aromatic carbocycles. The molecule has 0 aromatic heterocycles. The predicted molar refractivity (Wildman–Crippen MR) is 70.2 cm³/mol. The smallest absolute Gasteiger partial charge is 0.217 e. The van der Waals surface area contributed by atoms with Gasteiger partial charge in [0.2, 0.25) is 5.91 Å². The van der Waals surface area contributed by atoms with E-state index in [1.165, 1.54) is 6.92 Å². The average molecular weight is 266 g/mol. The highest BCUT2D eigenvalue weighted by Crippen LogP contribution is 2.23. The third-order valence-corrected chi connectivity index (χ3v) is 3.46. The molecule has 2 rings (SSSR count). The Morgan fingerprint density at radius 1 is 1.47 bits per heavy atom. The topological polar surface area (TPSA) is 52.6 Å². The largest absolute Gasteiger partial charge is 0.395 e. The van der Waals surface area contributed by atoms with Gasteiger partial charge in [0.15, 0.2) is 0 Å². The first-order chi connectivity index (χ1) is 9.11. The number of carbonyl (C=O) groups excluding carboxylic acids is 1. The molecule has 1 saturated heterocycles. The van der Waals surface area contributed by atoms with Gasteiger partial charge < -0.3 is 10.4 Å². The van der Waals surface area contributed by atoms with Gasteiger partial charge >= 0.3 is 0 Å². The van der Waals surface area contributed by atoms with Gasteiger partial charge in [-0.1, -0.05) is 30.3 Å². The van der Waals surface area contributed by atoms with Crippen LogP contribution in [0.5, 0.6) is 0 Å². The van der Waals surface area contributed by atoms with Gasteiger partial charge in [-0.05, 0) is 5.56 Å². The predicted octanol–water partition coefficient (Wildman–Crippen LogP) is 0.706. The van der Waals surface area contributed by atoms with Crippen molar-refractivity contribution in [3.8, 4) is 0 Å². The quantitative estimate of drug-likeness (QED) is 0.844. The zero-order chi connectivity index (χ0) is 13.8. The highest BCUT2D eigenvalue weighted by atomic mass is 19.1. The first kappa shape index (κ1) is 14.0. The number of nitrogens with one attached hydrogen (secondary N) is 1. The van der Waals surface area contributed by atoms with Crippen LogP contribution >= 0.6 is 0 Å². The molecular weight excluding hydrogens is 247 g/mol. The molecule has 0 unspecified atom stereocenters. The zero-order valence-corrected chi connectivity index (χ0v) is 10.9. The highest BCUT2D eigenvalue weighted by molar-refractivity contribution is 5.73. The van der Waals surface area contributed by atoms with E-state index in [0.29, 0.717) is 13.1 Å². The van der Waals surface area contributed by atoms with Crippen molar-refractivity contribution in [1.82, 2.24) is 10.2 Å². The van der Waals surface area contributed by atoms with Gasteiger partial charge in [-0.15, -0.1) is 0 Å². The Hall–Kier alpha value is -1.46. The Labute approximate surface area is 112 Å². The number of alkyl halides is 1. The number of likely N-dealkylation sites (tertiary alicyclic amines) is 1. The summed E-state index contributed by atoms with van der Waals surface area (Å²) in [6, 6.07) is 8.61. The van der Waals surface area contributed by atoms with Crippen molar-refractivity contribution in [1.29, 1.82) is 0 Å². The Morgan fingerprint density at radius 2 is 2.16 bits per heavy atom. The number of carbonyl (C=O) groups is 1. The number of halogens is 1. The van der Waals surface area contributed by atoms with Crippen molar-refractivity contribution in [2.24, 2.45) is 0 Å². The summed E-state index contributed by atoms with van der Waals surface area (Å²) in [6.45, 7) is 2.12. The molecule has 1 aliphatic heterocycles. The third kappa shape index (κ3) is 3.30. The van der Waals surface area contributed by atoms with Crippen LogP contribution in [-0.2, 0) is 11.3 Å². The van der Waals surface area contributed by atoms with E-state index < -0.39 is 18.3 Å². The molecule has 0 saturated carbocycles. The summed E-state index contributed by atoms with van der Waals surface area (Å²) >= 11 is 0. The fraction of sp³-hybridized carbons (Fsp3) is 0.500. The van der Waals surface area contributed by atoms with E-state index in [1.54, 1.807) is 0 Å². The van der Waals surface area contributed by atoms with E-state index in [0.717, 1.165) is 5.56 Å². The molecule has 0 bridgehead atoms. The molecule has 0 radical (unpaired) electrons. The van der Waals surface area contributed by atoms with E-state index in [1.807, 2.05) is 35.2 Å². The summed E-state index contributed by atoms with van der Waals surface area (Å²) in [5.74, 6) is -0.245. The van der Waals surface area contributed by atoms with Crippen molar-refractivity contribution in [3.63, 3.8) is 0 Å². The summed E-state index contributed by atoms with van der Waals surface area (Å²) in [7, 11) is 0. The maximum Gasteiger partial charge on any atom is 0.217 e. The van der Waals surface area contributed by atoms with Crippen LogP contribution in [0.15, 0.2) is 30.3 Å². The van der Waals surface area contributed by atoms with Crippen LogP contribution in [0.3, 0.4) is 0 Å². The molecule has 5 heteroatoms. The van der Waals surface area contributed by atoms with Gasteiger partial charge in [-0.25, -0.2) is 4.39 Å². The number of rotatable bonds is 4. The number of aliphatic hydroxyl groups is 1. The van der Waals surface area contributed by atoms with Crippen LogP contribution in [0.2, 0.25) is 0 Å². The molecule has 2 N–H and O–H groups in total. The van der Waals surface area contributed by atoms with Gasteiger partial charge in [0.25, 0.3) is 0 Å². The molecule has 1 fully saturated rings. The SMILES string of the molecule is CC(=O)N[C@H]1CN(Cc2ccccc2)[C@@H](CO)[C@H]1F. The van der Waals surface area contributed by atoms with E-state index >= 15 is 0 Å². The Bertz CT molecular complexity index is 427. The number of benzene rings is 1. The number of amides is 1. The van der Waals surface area contributed by atoms with Crippen LogP contribution in [0.1, 0.15) is 12.5 Å². The van der Waals surface area contributed by atoms with Crippen molar-refractivity contribution in [2.45, 2.75) is 31.7 Å². The second kappa shape index (κ2) is 6.12. The van der Waals surface area contributed by atoms with E-state index in [2.05, 4.69) is 5.32 Å². The molecule has 3 atom stereocenters. The molecule has 1 heterocycles. The van der Waals surface area contributed by atoms with Crippen LogP contribution in [0, 0.1) is 0 Å². The minimum Gasteiger partial charge on any atom is -0.395 e. The summed E-state index contributed by atoms with van der Waals surface area (Å²) in [5, 5.41) is 11.9. The molecule has 4 nitrogen and oxygen atoms in total. The third-order valence-electron chi connectivity index (χ3n) is 3.46. The van der Waals surface area contributed by atoms with Gasteiger partial charge in [-0.2, -0.15) is 0 Å². The van der Waals surface area contributed by atoms with E-state index in [4.69, 9.17) is 0 Å². The lowest BCUT2D eigenvalue weighted by molar-refractivity contribution is -0.119. The zero-order valence-electron chi connectivity index (χ0n) is 10.9. The first-order valence-electron chi connectivity index (χ1n) is 6.42. The van der Waals surface area contributed by atoms with Gasteiger partial charge in [-0.3, -0.25) is 9.69 Å². The Balaban J connectivity index is 2.05. The van der Waals surface area contributed by atoms with E-state index in [-0.39, 0.29) is 12.5 Å². The second-order valence-corrected chi connectivity index (χ2v) is 4.92. The van der Waals surface area contributed by atoms with Crippen LogP contribution < -0.4 is 5.32 Å². The van der Waals surface area contributed by atoms with Crippen molar-refractivity contribution >= 4 is 5.91 Å². The standard InChI is InChI=1S/C14H19FN2O2/c1-10(19)16-12-8-17(13(9-18)14(12)15)7-11-5-3-2-4-6-11/h2-6,12-14,18H,7-9H2,1H3,(H,16,19)/t12-,13-,14-/m0/s1. The maximum atomic E-state index is 14.1. The molecule has 1 amide bonds. The number of aliphatic hydroxyl groups excluding tert-OH is 1. The highest BCUT2D eigenvalue weighted by Gasteiger charge is 2.41. The Morgan fingerprint density at radius 3 is 2.74 bits per heavy atom. The summed E-state index contributed by atoms with van der Waals surface area (Å²) in [6.07, 6.45) is -1.24. The lowest BCUT2D eigenvalue weighted by Gasteiger charge is -2.23. The van der Waals surface area contributed by atoms with Crippen molar-refractivity contribution in [3.05, 3.63) is 35.9 Å². The molecule has 0 aliphatic carbocycles. The fourth-order valence-electron chi connectivity index (χ4n) is 2.56. The molecule has 19 heavy (non-hydrogen) atoms. The fourth-order valence-corrected chi connectivity index (χ4v) is 2.56. The van der Waals surface area contributed by atoms with Gasteiger partial charge in [0, 0.05) is 20.0 Å². The minimum atomic E-state index is -1.24. The van der Waals surface area contributed by atoms with Crippen LogP contribution in [-0.4, -0.2) is 47.3 Å². The van der Waals surface area contributed by atoms with Crippen molar-refractivity contribution < 1.29 is 14.3 Å². The monoisotopic (exact) mass is 266 g/mol. The van der Waals surface area contributed by atoms with Crippen LogP contribution in [0.25, 0.3) is 0 Å². The molecule has 0 spiro atoms. The summed E-state index contributed by atoms with van der Waals surface area (Å²) in [5.41, 5.74) is 1.07. The molecule has 1 aliphatic rings. The van der Waals surface area contributed by atoms with Gasteiger partial charge in [0.1, 0.15) is 6.17 Å². The second-order valence-electron chi connectivity index (χ2n) is 4.92. The molecule has 1 aromatic rings. The summed E-state index contributed by atoms with van der Waals surface area (Å²) in [4.78, 5) is 12.9. The minimum absolute atomic E-state index is 0.245. The molecular formula is C14H19FN2O2.